The maximum atomic E-state index is 13.2. The second kappa shape index (κ2) is 5.25. The predicted molar refractivity (Wildman–Crippen MR) is 76.2 cm³/mol. The zero-order chi connectivity index (χ0) is 14.1. The minimum Gasteiger partial charge on any atom is -0.325 e. The van der Waals surface area contributed by atoms with Crippen LogP contribution in [0.25, 0.3) is 11.0 Å². The first-order valence-electron chi connectivity index (χ1n) is 6.37. The summed E-state index contributed by atoms with van der Waals surface area (Å²) in [6, 6.07) is 4.61. The molecule has 3 rings (SSSR count). The molecule has 0 atom stereocenters. The minimum absolute atomic E-state index is 0.286. The van der Waals surface area contributed by atoms with Gasteiger partial charge in [-0.15, -0.1) is 11.6 Å². The third-order valence-corrected chi connectivity index (χ3v) is 3.46. The van der Waals surface area contributed by atoms with Crippen molar-refractivity contribution in [2.24, 2.45) is 0 Å². The van der Waals surface area contributed by atoms with E-state index >= 15 is 0 Å². The maximum absolute atomic E-state index is 13.2. The molecule has 104 valence electrons. The molecule has 2 aromatic heterocycles. The molecule has 0 saturated heterocycles. The van der Waals surface area contributed by atoms with E-state index in [-0.39, 0.29) is 5.82 Å². The molecular formula is C14H14ClFN4. The monoisotopic (exact) mass is 292 g/mol. The summed E-state index contributed by atoms with van der Waals surface area (Å²) in [5.74, 6) is 0.760. The van der Waals surface area contributed by atoms with E-state index in [1.165, 1.54) is 12.1 Å². The Morgan fingerprint density at radius 3 is 2.85 bits per heavy atom. The van der Waals surface area contributed by atoms with Gasteiger partial charge in [-0.25, -0.2) is 9.37 Å². The lowest BCUT2D eigenvalue weighted by Crippen LogP contribution is -2.10. The number of hydrogen-bond donors (Lipinski definition) is 0. The minimum atomic E-state index is -0.286. The van der Waals surface area contributed by atoms with Crippen LogP contribution in [0.2, 0.25) is 0 Å². The van der Waals surface area contributed by atoms with Crippen LogP contribution in [-0.2, 0) is 19.0 Å². The van der Waals surface area contributed by atoms with E-state index < -0.39 is 0 Å². The number of halogens is 2. The van der Waals surface area contributed by atoms with Gasteiger partial charge in [-0.1, -0.05) is 0 Å². The SMILES string of the molecule is Cc1cnn(CCn2c(CCl)nc3cc(F)ccc32)c1. The molecule has 0 aliphatic carbocycles. The Hall–Kier alpha value is -1.88. The van der Waals surface area contributed by atoms with Crippen molar-refractivity contribution in [2.45, 2.75) is 25.9 Å². The van der Waals surface area contributed by atoms with Gasteiger partial charge in [0.15, 0.2) is 0 Å². The highest BCUT2D eigenvalue weighted by Crippen LogP contribution is 2.19. The highest BCUT2D eigenvalue weighted by molar-refractivity contribution is 6.16. The fraction of sp³-hybridized carbons (Fsp3) is 0.286. The quantitative estimate of drug-likeness (QED) is 0.693. The first-order chi connectivity index (χ1) is 9.67. The lowest BCUT2D eigenvalue weighted by atomic mass is 10.3. The van der Waals surface area contributed by atoms with E-state index in [4.69, 9.17) is 11.6 Å². The molecule has 0 radical (unpaired) electrons. The first kappa shape index (κ1) is 13.1. The van der Waals surface area contributed by atoms with Crippen LogP contribution in [0.5, 0.6) is 0 Å². The lowest BCUT2D eigenvalue weighted by molar-refractivity contribution is 0.532. The zero-order valence-corrected chi connectivity index (χ0v) is 11.8. The number of nitrogens with zero attached hydrogens (tertiary/aromatic N) is 4. The Morgan fingerprint density at radius 2 is 2.15 bits per heavy atom. The summed E-state index contributed by atoms with van der Waals surface area (Å²) in [5, 5.41) is 4.25. The van der Waals surface area contributed by atoms with Gasteiger partial charge in [0.2, 0.25) is 0 Å². The van der Waals surface area contributed by atoms with Gasteiger partial charge in [0, 0.05) is 18.8 Å². The van der Waals surface area contributed by atoms with Crippen LogP contribution in [-0.4, -0.2) is 19.3 Å². The maximum Gasteiger partial charge on any atom is 0.125 e. The van der Waals surface area contributed by atoms with Crippen LogP contribution in [0.1, 0.15) is 11.4 Å². The third-order valence-electron chi connectivity index (χ3n) is 3.22. The van der Waals surface area contributed by atoms with Gasteiger partial charge in [-0.05, 0) is 24.6 Å². The molecule has 2 heterocycles. The van der Waals surface area contributed by atoms with Crippen LogP contribution in [0.4, 0.5) is 4.39 Å². The lowest BCUT2D eigenvalue weighted by Gasteiger charge is -2.07. The number of rotatable bonds is 4. The summed E-state index contributed by atoms with van der Waals surface area (Å²) >= 11 is 5.93. The van der Waals surface area contributed by atoms with Gasteiger partial charge in [0.25, 0.3) is 0 Å². The molecule has 0 saturated carbocycles. The van der Waals surface area contributed by atoms with E-state index in [0.29, 0.717) is 17.9 Å². The van der Waals surface area contributed by atoms with Crippen LogP contribution < -0.4 is 0 Å². The molecule has 0 amide bonds. The van der Waals surface area contributed by atoms with Gasteiger partial charge >= 0.3 is 0 Å². The molecule has 0 spiro atoms. The van der Waals surface area contributed by atoms with Crippen LogP contribution in [0.3, 0.4) is 0 Å². The number of benzene rings is 1. The number of fused-ring (bicyclic) bond motifs is 1. The van der Waals surface area contributed by atoms with Crippen molar-refractivity contribution in [1.82, 2.24) is 19.3 Å². The second-order valence-corrected chi connectivity index (χ2v) is 4.99. The summed E-state index contributed by atoms with van der Waals surface area (Å²) in [5.41, 5.74) is 2.66. The third kappa shape index (κ3) is 2.41. The van der Waals surface area contributed by atoms with E-state index in [9.17, 15) is 4.39 Å². The predicted octanol–water partition coefficient (Wildman–Crippen LogP) is 3.12. The Morgan fingerprint density at radius 1 is 1.30 bits per heavy atom. The number of hydrogen-bond acceptors (Lipinski definition) is 2. The van der Waals surface area contributed by atoms with E-state index in [0.717, 1.165) is 23.4 Å². The summed E-state index contributed by atoms with van der Waals surface area (Å²) in [4.78, 5) is 4.37. The molecule has 6 heteroatoms. The van der Waals surface area contributed by atoms with Crippen molar-refractivity contribution in [3.05, 3.63) is 47.8 Å². The van der Waals surface area contributed by atoms with Gasteiger partial charge in [0.05, 0.1) is 29.7 Å². The molecule has 0 fully saturated rings. The van der Waals surface area contributed by atoms with Crippen molar-refractivity contribution < 1.29 is 4.39 Å². The van der Waals surface area contributed by atoms with Crippen molar-refractivity contribution in [1.29, 1.82) is 0 Å². The van der Waals surface area contributed by atoms with Crippen molar-refractivity contribution in [3.63, 3.8) is 0 Å². The molecule has 0 N–H and O–H groups in total. The zero-order valence-electron chi connectivity index (χ0n) is 11.1. The summed E-state index contributed by atoms with van der Waals surface area (Å²) in [7, 11) is 0. The fourth-order valence-corrected chi connectivity index (χ4v) is 2.50. The highest BCUT2D eigenvalue weighted by atomic mass is 35.5. The molecule has 3 aromatic rings. The highest BCUT2D eigenvalue weighted by Gasteiger charge is 2.10. The summed E-state index contributed by atoms with van der Waals surface area (Å²) in [6.07, 6.45) is 3.81. The first-order valence-corrected chi connectivity index (χ1v) is 6.90. The number of alkyl halides is 1. The molecule has 0 aliphatic heterocycles. The van der Waals surface area contributed by atoms with E-state index in [1.807, 2.05) is 28.6 Å². The van der Waals surface area contributed by atoms with Gasteiger partial charge in [-0.2, -0.15) is 5.10 Å². The largest absolute Gasteiger partial charge is 0.325 e. The van der Waals surface area contributed by atoms with Crippen molar-refractivity contribution >= 4 is 22.6 Å². The number of aryl methyl sites for hydroxylation is 3. The van der Waals surface area contributed by atoms with E-state index in [1.54, 1.807) is 6.07 Å². The average molecular weight is 293 g/mol. The van der Waals surface area contributed by atoms with Crippen molar-refractivity contribution in [3.8, 4) is 0 Å². The standard InChI is InChI=1S/C14H14ClFN4/c1-10-8-17-19(9-10)4-5-20-13-3-2-11(16)6-12(13)18-14(20)7-15/h2-3,6,8-9H,4-5,7H2,1H3. The number of imidazole rings is 1. The van der Waals surface area contributed by atoms with Crippen LogP contribution in [0, 0.1) is 12.7 Å². The van der Waals surface area contributed by atoms with Gasteiger partial charge in [0.1, 0.15) is 11.6 Å². The number of aromatic nitrogens is 4. The Labute approximate surface area is 120 Å². The molecule has 0 bridgehead atoms. The summed E-state index contributed by atoms with van der Waals surface area (Å²) < 4.78 is 17.1. The molecule has 0 unspecified atom stereocenters. The molecule has 1 aromatic carbocycles. The topological polar surface area (TPSA) is 35.6 Å². The van der Waals surface area contributed by atoms with Gasteiger partial charge in [-0.3, -0.25) is 4.68 Å². The second-order valence-electron chi connectivity index (χ2n) is 4.73. The summed E-state index contributed by atoms with van der Waals surface area (Å²) in [6.45, 7) is 3.43. The van der Waals surface area contributed by atoms with Crippen LogP contribution >= 0.6 is 11.6 Å². The van der Waals surface area contributed by atoms with Crippen molar-refractivity contribution in [2.75, 3.05) is 0 Å². The van der Waals surface area contributed by atoms with E-state index in [2.05, 4.69) is 10.1 Å². The molecule has 4 nitrogen and oxygen atoms in total. The average Bonchev–Trinajstić information content (AvgIpc) is 2.99. The normalized spacial score (nSPS) is 11.3. The molecule has 0 aliphatic rings. The Balaban J connectivity index is 1.93. The van der Waals surface area contributed by atoms with Crippen LogP contribution in [0.15, 0.2) is 30.6 Å². The Bertz CT molecular complexity index is 747. The molecular weight excluding hydrogens is 279 g/mol. The van der Waals surface area contributed by atoms with Gasteiger partial charge < -0.3 is 4.57 Å². The fourth-order valence-electron chi connectivity index (χ4n) is 2.30. The Kier molecular flexibility index (Phi) is 3.44. The smallest absolute Gasteiger partial charge is 0.125 e. The molecule has 20 heavy (non-hydrogen) atoms.